The number of nitrogens with one attached hydrogen (secondary N) is 1. The number of hydrogen-bond acceptors (Lipinski definition) is 1. The lowest BCUT2D eigenvalue weighted by Gasteiger charge is -2.14. The van der Waals surface area contributed by atoms with Crippen LogP contribution >= 0.6 is 0 Å². The van der Waals surface area contributed by atoms with Crippen LogP contribution in [-0.2, 0) is 13.1 Å². The van der Waals surface area contributed by atoms with Gasteiger partial charge >= 0.3 is 0 Å². The van der Waals surface area contributed by atoms with Crippen molar-refractivity contribution in [2.75, 3.05) is 0 Å². The fourth-order valence-electron chi connectivity index (χ4n) is 2.69. The summed E-state index contributed by atoms with van der Waals surface area (Å²) in [6.45, 7) is 10.3. The zero-order valence-electron chi connectivity index (χ0n) is 12.7. The first-order chi connectivity index (χ1) is 9.52. The van der Waals surface area contributed by atoms with E-state index in [4.69, 9.17) is 0 Å². The molecular weight excluding hydrogens is 251 g/mol. The minimum absolute atomic E-state index is 0.135. The van der Waals surface area contributed by atoms with Crippen molar-refractivity contribution >= 4 is 0 Å². The van der Waals surface area contributed by atoms with Crippen LogP contribution in [-0.4, -0.2) is 4.57 Å². The van der Waals surface area contributed by atoms with Crippen LogP contribution in [0.2, 0.25) is 0 Å². The number of nitrogens with zero attached hydrogens (tertiary/aromatic N) is 1. The molecule has 2 rings (SSSR count). The molecule has 0 saturated carbocycles. The third-order valence-electron chi connectivity index (χ3n) is 3.94. The highest BCUT2D eigenvalue weighted by molar-refractivity contribution is 5.27. The second kappa shape index (κ2) is 6.23. The molecule has 2 nitrogen and oxygen atoms in total. The molecule has 0 spiro atoms. The smallest absolute Gasteiger partial charge is 0.123 e. The summed E-state index contributed by atoms with van der Waals surface area (Å²) in [6, 6.07) is 9.14. The summed E-state index contributed by atoms with van der Waals surface area (Å²) in [5, 5.41) is 3.47. The molecule has 0 amide bonds. The quantitative estimate of drug-likeness (QED) is 0.868. The second-order valence-corrected chi connectivity index (χ2v) is 5.30. The molecule has 0 saturated heterocycles. The van der Waals surface area contributed by atoms with Gasteiger partial charge in [-0.2, -0.15) is 0 Å². The zero-order valence-corrected chi connectivity index (χ0v) is 12.7. The van der Waals surface area contributed by atoms with Crippen molar-refractivity contribution in [2.24, 2.45) is 0 Å². The minimum Gasteiger partial charge on any atom is -0.349 e. The first-order valence-electron chi connectivity index (χ1n) is 7.17. The van der Waals surface area contributed by atoms with E-state index in [2.05, 4.69) is 43.6 Å². The van der Waals surface area contributed by atoms with Crippen LogP contribution in [0.5, 0.6) is 0 Å². The first-order valence-corrected chi connectivity index (χ1v) is 7.17. The Morgan fingerprint density at radius 1 is 1.25 bits per heavy atom. The summed E-state index contributed by atoms with van der Waals surface area (Å²) >= 11 is 0. The van der Waals surface area contributed by atoms with Gasteiger partial charge in [0.15, 0.2) is 0 Å². The molecule has 0 bridgehead atoms. The van der Waals surface area contributed by atoms with E-state index in [1.807, 2.05) is 6.07 Å². The Bertz CT molecular complexity index is 587. The van der Waals surface area contributed by atoms with Gasteiger partial charge in [0.25, 0.3) is 0 Å². The molecule has 1 N–H and O–H groups in total. The molecule has 0 aliphatic carbocycles. The summed E-state index contributed by atoms with van der Waals surface area (Å²) in [5.74, 6) is -0.180. The molecule has 0 fully saturated rings. The lowest BCUT2D eigenvalue weighted by atomic mass is 10.1. The lowest BCUT2D eigenvalue weighted by Crippen LogP contribution is -2.18. The molecule has 0 aliphatic heterocycles. The molecule has 2 aromatic rings. The van der Waals surface area contributed by atoms with Crippen LogP contribution in [0.1, 0.15) is 42.4 Å². The van der Waals surface area contributed by atoms with Crippen LogP contribution in [0.4, 0.5) is 4.39 Å². The Morgan fingerprint density at radius 3 is 2.60 bits per heavy atom. The Balaban J connectivity index is 2.05. The third kappa shape index (κ3) is 3.10. The highest BCUT2D eigenvalue weighted by Crippen LogP contribution is 2.18. The number of hydrogen-bond donors (Lipinski definition) is 1. The van der Waals surface area contributed by atoms with E-state index in [1.54, 1.807) is 12.1 Å². The molecule has 1 aromatic carbocycles. The maximum atomic E-state index is 13.2. The van der Waals surface area contributed by atoms with E-state index >= 15 is 0 Å². The van der Waals surface area contributed by atoms with Gasteiger partial charge in [-0.3, -0.25) is 0 Å². The third-order valence-corrected chi connectivity index (χ3v) is 3.94. The summed E-state index contributed by atoms with van der Waals surface area (Å²) < 4.78 is 15.5. The molecule has 108 valence electrons. The highest BCUT2D eigenvalue weighted by Gasteiger charge is 2.10. The average molecular weight is 274 g/mol. The first kappa shape index (κ1) is 14.8. The fraction of sp³-hybridized carbons (Fsp3) is 0.412. The highest BCUT2D eigenvalue weighted by atomic mass is 19.1. The normalized spacial score (nSPS) is 12.7. The van der Waals surface area contributed by atoms with Crippen LogP contribution < -0.4 is 5.32 Å². The largest absolute Gasteiger partial charge is 0.349 e. The van der Waals surface area contributed by atoms with Crippen LogP contribution in [0, 0.1) is 19.7 Å². The van der Waals surface area contributed by atoms with Crippen molar-refractivity contribution in [3.8, 4) is 0 Å². The molecular formula is C17H23FN2. The van der Waals surface area contributed by atoms with Crippen molar-refractivity contribution < 1.29 is 4.39 Å². The number of halogens is 1. The molecule has 0 radical (unpaired) electrons. The van der Waals surface area contributed by atoms with Crippen molar-refractivity contribution in [1.29, 1.82) is 0 Å². The Morgan fingerprint density at radius 2 is 2.00 bits per heavy atom. The predicted octanol–water partition coefficient (Wildman–Crippen LogP) is 4.11. The SMILES string of the molecule is CCn1c(C)cc(CNC(C)c2cccc(F)c2)c1C. The van der Waals surface area contributed by atoms with Gasteiger partial charge in [-0.15, -0.1) is 0 Å². The van der Waals surface area contributed by atoms with Gasteiger partial charge in [-0.05, 0) is 57.0 Å². The summed E-state index contributed by atoms with van der Waals surface area (Å²) in [7, 11) is 0. The zero-order chi connectivity index (χ0) is 14.7. The molecule has 20 heavy (non-hydrogen) atoms. The Hall–Kier alpha value is -1.61. The van der Waals surface area contributed by atoms with E-state index in [9.17, 15) is 4.39 Å². The van der Waals surface area contributed by atoms with Gasteiger partial charge in [-0.25, -0.2) is 4.39 Å². The monoisotopic (exact) mass is 274 g/mol. The van der Waals surface area contributed by atoms with E-state index in [1.165, 1.54) is 23.0 Å². The van der Waals surface area contributed by atoms with Crippen LogP contribution in [0.3, 0.4) is 0 Å². The number of aryl methyl sites for hydroxylation is 1. The molecule has 1 unspecified atom stereocenters. The standard InChI is InChI=1S/C17H23FN2/c1-5-20-12(2)9-16(14(20)4)11-19-13(3)15-7-6-8-17(18)10-15/h6-10,13,19H,5,11H2,1-4H3. The lowest BCUT2D eigenvalue weighted by molar-refractivity contribution is 0.562. The second-order valence-electron chi connectivity index (χ2n) is 5.30. The van der Waals surface area contributed by atoms with Gasteiger partial charge in [0.1, 0.15) is 5.82 Å². The molecule has 3 heteroatoms. The maximum absolute atomic E-state index is 13.2. The van der Waals surface area contributed by atoms with Crippen LogP contribution in [0.15, 0.2) is 30.3 Å². The minimum atomic E-state index is -0.180. The Labute approximate surface area is 120 Å². The van der Waals surface area contributed by atoms with Crippen molar-refractivity contribution in [1.82, 2.24) is 9.88 Å². The fourth-order valence-corrected chi connectivity index (χ4v) is 2.69. The van der Waals surface area contributed by atoms with E-state index in [0.717, 1.165) is 18.7 Å². The molecule has 1 aromatic heterocycles. The van der Waals surface area contributed by atoms with Crippen molar-refractivity contribution in [3.05, 3.63) is 58.7 Å². The maximum Gasteiger partial charge on any atom is 0.123 e. The predicted molar refractivity (Wildman–Crippen MR) is 81.2 cm³/mol. The number of benzene rings is 1. The average Bonchev–Trinajstić information content (AvgIpc) is 2.70. The van der Waals surface area contributed by atoms with Gasteiger partial charge < -0.3 is 9.88 Å². The van der Waals surface area contributed by atoms with Gasteiger partial charge in [0.05, 0.1) is 0 Å². The van der Waals surface area contributed by atoms with E-state index in [-0.39, 0.29) is 11.9 Å². The summed E-state index contributed by atoms with van der Waals surface area (Å²) in [6.07, 6.45) is 0. The van der Waals surface area contributed by atoms with Gasteiger partial charge in [-0.1, -0.05) is 12.1 Å². The van der Waals surface area contributed by atoms with Crippen molar-refractivity contribution in [2.45, 2.75) is 46.8 Å². The topological polar surface area (TPSA) is 17.0 Å². The van der Waals surface area contributed by atoms with Crippen LogP contribution in [0.25, 0.3) is 0 Å². The molecule has 1 heterocycles. The number of aromatic nitrogens is 1. The van der Waals surface area contributed by atoms with Gasteiger partial charge in [0, 0.05) is 30.5 Å². The summed E-state index contributed by atoms with van der Waals surface area (Å²) in [4.78, 5) is 0. The van der Waals surface area contributed by atoms with E-state index in [0.29, 0.717) is 0 Å². The molecule has 0 aliphatic rings. The Kier molecular flexibility index (Phi) is 4.61. The van der Waals surface area contributed by atoms with Gasteiger partial charge in [0.2, 0.25) is 0 Å². The van der Waals surface area contributed by atoms with E-state index < -0.39 is 0 Å². The van der Waals surface area contributed by atoms with Crippen molar-refractivity contribution in [3.63, 3.8) is 0 Å². The summed E-state index contributed by atoms with van der Waals surface area (Å²) in [5.41, 5.74) is 4.89. The number of rotatable bonds is 5. The molecule has 1 atom stereocenters.